The van der Waals surface area contributed by atoms with Gasteiger partial charge in [0.1, 0.15) is 17.2 Å². The number of carbonyl (C=O) groups excluding carboxylic acids is 1. The van der Waals surface area contributed by atoms with E-state index >= 15 is 0 Å². The molecule has 0 saturated heterocycles. The summed E-state index contributed by atoms with van der Waals surface area (Å²) in [6.07, 6.45) is 1.67. The summed E-state index contributed by atoms with van der Waals surface area (Å²) in [5.41, 5.74) is 4.12. The van der Waals surface area contributed by atoms with Gasteiger partial charge in [0, 0.05) is 22.7 Å². The Hall–Kier alpha value is -2.88. The summed E-state index contributed by atoms with van der Waals surface area (Å²) in [5, 5.41) is 1.86. The van der Waals surface area contributed by atoms with E-state index in [1.54, 1.807) is 32.5 Å². The van der Waals surface area contributed by atoms with E-state index in [0.29, 0.717) is 22.8 Å². The van der Waals surface area contributed by atoms with E-state index < -0.39 is 0 Å². The minimum atomic E-state index is -0.148. The van der Waals surface area contributed by atoms with Crippen molar-refractivity contribution in [1.29, 1.82) is 0 Å². The van der Waals surface area contributed by atoms with Crippen molar-refractivity contribution in [1.82, 2.24) is 4.98 Å². The third kappa shape index (κ3) is 2.95. The first kappa shape index (κ1) is 17.0. The summed E-state index contributed by atoms with van der Waals surface area (Å²) in [6.45, 7) is 5.99. The molecule has 0 aliphatic carbocycles. The van der Waals surface area contributed by atoms with Gasteiger partial charge in [-0.2, -0.15) is 0 Å². The van der Waals surface area contributed by atoms with Crippen molar-refractivity contribution in [2.45, 2.75) is 20.8 Å². The molecule has 0 fully saturated rings. The number of pyridine rings is 1. The van der Waals surface area contributed by atoms with Gasteiger partial charge < -0.3 is 9.47 Å². The van der Waals surface area contributed by atoms with Gasteiger partial charge in [-0.15, -0.1) is 0 Å². The molecule has 0 amide bonds. The van der Waals surface area contributed by atoms with Crippen LogP contribution >= 0.6 is 0 Å². The normalized spacial score (nSPS) is 10.8. The number of nitrogens with zero attached hydrogens (tertiary/aromatic N) is 1. The molecule has 128 valence electrons. The van der Waals surface area contributed by atoms with Gasteiger partial charge in [0.25, 0.3) is 0 Å². The van der Waals surface area contributed by atoms with Crippen LogP contribution in [0.5, 0.6) is 11.5 Å². The maximum Gasteiger partial charge on any atom is 0.212 e. The lowest BCUT2D eigenvalue weighted by Gasteiger charge is -2.13. The predicted molar refractivity (Wildman–Crippen MR) is 98.9 cm³/mol. The van der Waals surface area contributed by atoms with Gasteiger partial charge in [-0.25, -0.2) is 0 Å². The second-order valence-electron chi connectivity index (χ2n) is 6.15. The number of aromatic nitrogens is 1. The molecule has 0 radical (unpaired) electrons. The largest absolute Gasteiger partial charge is 0.496 e. The number of hydrogen-bond acceptors (Lipinski definition) is 4. The first-order chi connectivity index (χ1) is 12.0. The van der Waals surface area contributed by atoms with Crippen LogP contribution in [0.2, 0.25) is 0 Å². The Morgan fingerprint density at radius 2 is 1.52 bits per heavy atom. The number of ketones is 1. The fourth-order valence-corrected chi connectivity index (χ4v) is 2.98. The molecule has 0 spiro atoms. The van der Waals surface area contributed by atoms with Crippen molar-refractivity contribution >= 4 is 16.6 Å². The summed E-state index contributed by atoms with van der Waals surface area (Å²) in [7, 11) is 3.16. The predicted octanol–water partition coefficient (Wildman–Crippen LogP) is 4.41. The highest BCUT2D eigenvalue weighted by Gasteiger charge is 2.18. The molecule has 0 N–H and O–H groups in total. The minimum Gasteiger partial charge on any atom is -0.496 e. The van der Waals surface area contributed by atoms with Gasteiger partial charge in [0.05, 0.1) is 14.2 Å². The molecule has 1 heterocycles. The van der Waals surface area contributed by atoms with Gasteiger partial charge in [-0.3, -0.25) is 9.78 Å². The zero-order valence-corrected chi connectivity index (χ0v) is 15.1. The fourth-order valence-electron chi connectivity index (χ4n) is 2.98. The van der Waals surface area contributed by atoms with Crippen LogP contribution < -0.4 is 9.47 Å². The lowest BCUT2D eigenvalue weighted by molar-refractivity contribution is 0.103. The van der Waals surface area contributed by atoms with Crippen molar-refractivity contribution in [3.63, 3.8) is 0 Å². The second kappa shape index (κ2) is 6.55. The van der Waals surface area contributed by atoms with E-state index in [9.17, 15) is 4.79 Å². The van der Waals surface area contributed by atoms with Crippen LogP contribution in [0.15, 0.2) is 36.5 Å². The van der Waals surface area contributed by atoms with Crippen LogP contribution in [0.1, 0.15) is 32.7 Å². The van der Waals surface area contributed by atoms with Gasteiger partial charge in [0.15, 0.2) is 0 Å². The average molecular weight is 335 g/mol. The van der Waals surface area contributed by atoms with Crippen LogP contribution in [0.4, 0.5) is 0 Å². The Balaban J connectivity index is 2.19. The van der Waals surface area contributed by atoms with Crippen molar-refractivity contribution in [3.8, 4) is 11.5 Å². The zero-order chi connectivity index (χ0) is 18.1. The van der Waals surface area contributed by atoms with E-state index in [2.05, 4.69) is 18.0 Å². The Morgan fingerprint density at radius 3 is 2.12 bits per heavy atom. The van der Waals surface area contributed by atoms with Gasteiger partial charge in [-0.1, -0.05) is 6.07 Å². The first-order valence-corrected chi connectivity index (χ1v) is 8.09. The number of fused-ring (bicyclic) bond motifs is 1. The number of methoxy groups -OCH3 is 2. The average Bonchev–Trinajstić information content (AvgIpc) is 2.62. The van der Waals surface area contributed by atoms with Gasteiger partial charge in [0.2, 0.25) is 5.78 Å². The molecule has 2 aromatic carbocycles. The van der Waals surface area contributed by atoms with Gasteiger partial charge >= 0.3 is 0 Å². The van der Waals surface area contributed by atoms with Crippen LogP contribution in [0, 0.1) is 20.8 Å². The van der Waals surface area contributed by atoms with Crippen molar-refractivity contribution in [2.75, 3.05) is 14.2 Å². The Labute approximate surface area is 147 Å². The number of ether oxygens (including phenoxy) is 2. The van der Waals surface area contributed by atoms with Crippen molar-refractivity contribution in [2.24, 2.45) is 0 Å². The molecule has 0 aliphatic heterocycles. The lowest BCUT2D eigenvalue weighted by Crippen LogP contribution is -2.07. The molecule has 25 heavy (non-hydrogen) atoms. The molecule has 0 saturated carbocycles. The molecular formula is C21H21NO3. The van der Waals surface area contributed by atoms with Crippen LogP contribution in [-0.2, 0) is 0 Å². The number of carbonyl (C=O) groups is 1. The number of rotatable bonds is 4. The van der Waals surface area contributed by atoms with E-state index in [1.807, 2.05) is 26.0 Å². The van der Waals surface area contributed by atoms with E-state index in [4.69, 9.17) is 9.47 Å². The maximum absolute atomic E-state index is 13.1. The Kier molecular flexibility index (Phi) is 4.45. The molecule has 3 aromatic rings. The maximum atomic E-state index is 13.1. The van der Waals surface area contributed by atoms with Crippen molar-refractivity contribution < 1.29 is 14.3 Å². The smallest absolute Gasteiger partial charge is 0.212 e. The van der Waals surface area contributed by atoms with E-state index in [0.717, 1.165) is 21.9 Å². The lowest BCUT2D eigenvalue weighted by atomic mass is 9.97. The number of benzene rings is 2. The molecular weight excluding hydrogens is 314 g/mol. The highest BCUT2D eigenvalue weighted by atomic mass is 16.5. The highest BCUT2D eigenvalue weighted by Crippen LogP contribution is 2.31. The van der Waals surface area contributed by atoms with Crippen LogP contribution in [0.3, 0.4) is 0 Å². The summed E-state index contributed by atoms with van der Waals surface area (Å²) in [6, 6.07) is 9.51. The summed E-state index contributed by atoms with van der Waals surface area (Å²) in [5.74, 6) is 1.09. The van der Waals surface area contributed by atoms with Crippen LogP contribution in [-0.4, -0.2) is 25.0 Å². The number of hydrogen-bond donors (Lipinski definition) is 0. The summed E-state index contributed by atoms with van der Waals surface area (Å²) < 4.78 is 10.8. The highest BCUT2D eigenvalue weighted by molar-refractivity contribution is 6.15. The second-order valence-corrected chi connectivity index (χ2v) is 6.15. The SMILES string of the molecule is COc1cc(C(=O)c2nccc3cc(C)c(C)cc23)cc(OC)c1C. The summed E-state index contributed by atoms with van der Waals surface area (Å²) >= 11 is 0. The molecule has 1 aromatic heterocycles. The Morgan fingerprint density at radius 1 is 0.920 bits per heavy atom. The molecule has 0 atom stereocenters. The topological polar surface area (TPSA) is 48.4 Å². The molecule has 3 rings (SSSR count). The monoisotopic (exact) mass is 335 g/mol. The fraction of sp³-hybridized carbons (Fsp3) is 0.238. The molecule has 4 heteroatoms. The third-order valence-corrected chi connectivity index (χ3v) is 4.61. The van der Waals surface area contributed by atoms with E-state index in [-0.39, 0.29) is 5.78 Å². The molecule has 4 nitrogen and oxygen atoms in total. The first-order valence-electron chi connectivity index (χ1n) is 8.09. The standard InChI is InChI=1S/C21H21NO3/c1-12-8-15-6-7-22-20(17(15)9-13(12)2)21(23)16-10-18(24-4)14(3)19(11-16)25-5/h6-11H,1-5H3. The minimum absolute atomic E-state index is 0.148. The quantitative estimate of drug-likeness (QED) is 0.663. The summed E-state index contributed by atoms with van der Waals surface area (Å²) in [4.78, 5) is 17.5. The molecule has 0 bridgehead atoms. The third-order valence-electron chi connectivity index (χ3n) is 4.61. The molecule has 0 aliphatic rings. The number of aryl methyl sites for hydroxylation is 2. The zero-order valence-electron chi connectivity index (χ0n) is 15.1. The van der Waals surface area contributed by atoms with Gasteiger partial charge in [-0.05, 0) is 61.5 Å². The Bertz CT molecular complexity index is 951. The van der Waals surface area contributed by atoms with E-state index in [1.165, 1.54) is 5.56 Å². The molecule has 0 unspecified atom stereocenters. The van der Waals surface area contributed by atoms with Crippen molar-refractivity contribution in [3.05, 3.63) is 64.5 Å². The van der Waals surface area contributed by atoms with Crippen LogP contribution in [0.25, 0.3) is 10.8 Å².